The number of methoxy groups -OCH3 is 1. The molecule has 2 aliphatic rings. The zero-order chi connectivity index (χ0) is 27.0. The molecular formula is C27H36N2O8S. The molecule has 3 N–H and O–H groups in total. The molecule has 1 unspecified atom stereocenters. The number of hydrogen-bond donors (Lipinski definition) is 3. The van der Waals surface area contributed by atoms with E-state index in [1.54, 1.807) is 12.1 Å². The third-order valence-electron chi connectivity index (χ3n) is 6.77. The van der Waals surface area contributed by atoms with Gasteiger partial charge in [-0.05, 0) is 49.1 Å². The highest BCUT2D eigenvalue weighted by atomic mass is 32.2. The quantitative estimate of drug-likeness (QED) is 0.345. The maximum Gasteiger partial charge on any atom is 0.407 e. The summed E-state index contributed by atoms with van der Waals surface area (Å²) < 4.78 is 51.1. The number of carbonyl (C=O) groups is 1. The SMILES string of the molecule is COc1ccc(S(=O)(=O)NC(OC2CCCC2)[C@H](O)[C@H](Cc2ccccc2)NC(=O)O[C@H]2CCOC2)cc1. The summed E-state index contributed by atoms with van der Waals surface area (Å²) >= 11 is 0. The van der Waals surface area contributed by atoms with Crippen LogP contribution in [0.4, 0.5) is 4.79 Å². The average Bonchev–Trinajstić information content (AvgIpc) is 3.62. The third-order valence-corrected chi connectivity index (χ3v) is 8.20. The van der Waals surface area contributed by atoms with Crippen molar-refractivity contribution in [2.45, 2.75) is 74.0 Å². The summed E-state index contributed by atoms with van der Waals surface area (Å²) in [5, 5.41) is 14.3. The number of nitrogens with one attached hydrogen (secondary N) is 2. The predicted molar refractivity (Wildman–Crippen MR) is 139 cm³/mol. The lowest BCUT2D eigenvalue weighted by Crippen LogP contribution is -2.57. The second-order valence-corrected chi connectivity index (χ2v) is 11.3. The standard InChI is InChI=1S/C27H36N2O8S/c1-34-20-11-13-23(14-12-20)38(32,33)29-26(36-21-9-5-6-10-21)25(30)24(17-19-7-3-2-4-8-19)28-27(31)37-22-15-16-35-18-22/h2-4,7-8,11-14,21-22,24-26,29-30H,5-6,9-10,15-18H2,1H3,(H,28,31)/t22-,24-,25+,26?/m0/s1. The van der Waals surface area contributed by atoms with E-state index in [0.29, 0.717) is 25.4 Å². The van der Waals surface area contributed by atoms with E-state index in [0.717, 1.165) is 31.2 Å². The first-order valence-corrected chi connectivity index (χ1v) is 14.4. The van der Waals surface area contributed by atoms with E-state index in [1.165, 1.54) is 19.2 Å². The van der Waals surface area contributed by atoms with Gasteiger partial charge < -0.3 is 29.4 Å². The van der Waals surface area contributed by atoms with Crippen LogP contribution in [0.15, 0.2) is 59.5 Å². The lowest BCUT2D eigenvalue weighted by atomic mass is 10.0. The van der Waals surface area contributed by atoms with Gasteiger partial charge >= 0.3 is 6.09 Å². The van der Waals surface area contributed by atoms with Gasteiger partial charge in [0.1, 0.15) is 24.2 Å². The molecule has 1 saturated heterocycles. The molecule has 11 heteroatoms. The Kier molecular flexibility index (Phi) is 9.97. The number of sulfonamides is 1. The van der Waals surface area contributed by atoms with Crippen molar-refractivity contribution >= 4 is 16.1 Å². The number of aliphatic hydroxyl groups is 1. The predicted octanol–water partition coefficient (Wildman–Crippen LogP) is 2.75. The molecule has 2 aromatic carbocycles. The molecule has 1 heterocycles. The topological polar surface area (TPSA) is 132 Å². The highest BCUT2D eigenvalue weighted by Crippen LogP contribution is 2.25. The van der Waals surface area contributed by atoms with E-state index in [2.05, 4.69) is 10.0 Å². The molecule has 2 aromatic rings. The summed E-state index contributed by atoms with van der Waals surface area (Å²) in [4.78, 5) is 12.7. The molecular weight excluding hydrogens is 512 g/mol. The largest absolute Gasteiger partial charge is 0.497 e. The van der Waals surface area contributed by atoms with Crippen LogP contribution in [0.2, 0.25) is 0 Å². The summed E-state index contributed by atoms with van der Waals surface area (Å²) in [5.41, 5.74) is 0.846. The van der Waals surface area contributed by atoms with Crippen molar-refractivity contribution in [3.63, 3.8) is 0 Å². The van der Waals surface area contributed by atoms with Gasteiger partial charge in [0.25, 0.3) is 0 Å². The van der Waals surface area contributed by atoms with Crippen LogP contribution < -0.4 is 14.8 Å². The molecule has 10 nitrogen and oxygen atoms in total. The second-order valence-electron chi connectivity index (χ2n) is 9.58. The molecule has 2 fully saturated rings. The Hall–Kier alpha value is -2.70. The molecule has 0 radical (unpaired) electrons. The van der Waals surface area contributed by atoms with E-state index in [9.17, 15) is 18.3 Å². The highest BCUT2D eigenvalue weighted by Gasteiger charge is 2.36. The van der Waals surface area contributed by atoms with Crippen molar-refractivity contribution in [3.05, 3.63) is 60.2 Å². The summed E-state index contributed by atoms with van der Waals surface area (Å²) in [6, 6.07) is 14.3. The maximum absolute atomic E-state index is 13.3. The van der Waals surface area contributed by atoms with Crippen molar-refractivity contribution in [1.29, 1.82) is 0 Å². The zero-order valence-electron chi connectivity index (χ0n) is 21.5. The Morgan fingerprint density at radius 3 is 2.39 bits per heavy atom. The van der Waals surface area contributed by atoms with E-state index in [4.69, 9.17) is 18.9 Å². The Labute approximate surface area is 223 Å². The van der Waals surface area contributed by atoms with Gasteiger partial charge in [-0.15, -0.1) is 0 Å². The molecule has 38 heavy (non-hydrogen) atoms. The minimum atomic E-state index is -4.08. The van der Waals surface area contributed by atoms with Gasteiger partial charge in [0.2, 0.25) is 10.0 Å². The number of carbonyl (C=O) groups excluding carboxylic acids is 1. The normalized spacial score (nSPS) is 20.5. The zero-order valence-corrected chi connectivity index (χ0v) is 22.3. The fourth-order valence-corrected chi connectivity index (χ4v) is 5.80. The van der Waals surface area contributed by atoms with Crippen LogP contribution in [0.25, 0.3) is 0 Å². The maximum atomic E-state index is 13.3. The minimum Gasteiger partial charge on any atom is -0.497 e. The second kappa shape index (κ2) is 13.4. The van der Waals surface area contributed by atoms with Crippen LogP contribution in [0.3, 0.4) is 0 Å². The van der Waals surface area contributed by atoms with E-state index < -0.39 is 34.5 Å². The number of benzene rings is 2. The lowest BCUT2D eigenvalue weighted by Gasteiger charge is -2.32. The van der Waals surface area contributed by atoms with E-state index in [1.807, 2.05) is 30.3 Å². The van der Waals surface area contributed by atoms with Crippen LogP contribution in [-0.2, 0) is 30.7 Å². The van der Waals surface area contributed by atoms with Gasteiger partial charge in [-0.1, -0.05) is 43.2 Å². The van der Waals surface area contributed by atoms with Crippen LogP contribution in [-0.4, -0.2) is 70.5 Å². The number of amides is 1. The van der Waals surface area contributed by atoms with Gasteiger partial charge in [0.15, 0.2) is 0 Å². The first-order chi connectivity index (χ1) is 18.3. The van der Waals surface area contributed by atoms with Crippen LogP contribution in [0, 0.1) is 0 Å². The molecule has 1 amide bonds. The molecule has 0 spiro atoms. The molecule has 1 aliphatic heterocycles. The van der Waals surface area contributed by atoms with Crippen molar-refractivity contribution in [2.75, 3.05) is 20.3 Å². The van der Waals surface area contributed by atoms with Crippen LogP contribution in [0.1, 0.15) is 37.7 Å². The van der Waals surface area contributed by atoms with Crippen molar-refractivity contribution in [1.82, 2.24) is 10.0 Å². The Bertz CT molecular complexity index is 1120. The van der Waals surface area contributed by atoms with E-state index >= 15 is 0 Å². The first-order valence-electron chi connectivity index (χ1n) is 12.9. The number of aliphatic hydroxyl groups excluding tert-OH is 1. The first kappa shape index (κ1) is 28.3. The monoisotopic (exact) mass is 548 g/mol. The van der Waals surface area contributed by atoms with Crippen LogP contribution in [0.5, 0.6) is 5.75 Å². The van der Waals surface area contributed by atoms with Gasteiger partial charge in [0, 0.05) is 6.42 Å². The molecule has 208 valence electrons. The smallest absolute Gasteiger partial charge is 0.407 e. The van der Waals surface area contributed by atoms with Crippen LogP contribution >= 0.6 is 0 Å². The average molecular weight is 549 g/mol. The lowest BCUT2D eigenvalue weighted by molar-refractivity contribution is -0.0901. The number of rotatable bonds is 12. The Morgan fingerprint density at radius 2 is 1.76 bits per heavy atom. The Morgan fingerprint density at radius 1 is 1.05 bits per heavy atom. The minimum absolute atomic E-state index is 0.00117. The summed E-state index contributed by atoms with van der Waals surface area (Å²) in [5.74, 6) is 0.515. The molecule has 1 aliphatic carbocycles. The Balaban J connectivity index is 1.56. The number of alkyl carbamates (subject to hydrolysis) is 1. The fraction of sp³-hybridized carbons (Fsp3) is 0.519. The van der Waals surface area contributed by atoms with Crippen molar-refractivity contribution in [3.8, 4) is 5.75 Å². The molecule has 1 saturated carbocycles. The number of ether oxygens (including phenoxy) is 4. The van der Waals surface area contributed by atoms with Gasteiger partial charge in [-0.3, -0.25) is 0 Å². The summed E-state index contributed by atoms with van der Waals surface area (Å²) in [6.07, 6.45) is 0.226. The van der Waals surface area contributed by atoms with Crippen molar-refractivity contribution < 1.29 is 37.3 Å². The summed E-state index contributed by atoms with van der Waals surface area (Å²) in [6.45, 7) is 0.826. The summed E-state index contributed by atoms with van der Waals surface area (Å²) in [7, 11) is -2.58. The fourth-order valence-electron chi connectivity index (χ4n) is 4.66. The third kappa shape index (κ3) is 7.90. The highest BCUT2D eigenvalue weighted by molar-refractivity contribution is 7.89. The van der Waals surface area contributed by atoms with Gasteiger partial charge in [0.05, 0.1) is 37.4 Å². The molecule has 4 atom stereocenters. The van der Waals surface area contributed by atoms with Gasteiger partial charge in [-0.2, -0.15) is 4.72 Å². The molecule has 0 bridgehead atoms. The molecule has 4 rings (SSSR count). The van der Waals surface area contributed by atoms with E-state index in [-0.39, 0.29) is 23.5 Å². The number of hydrogen-bond acceptors (Lipinski definition) is 8. The van der Waals surface area contributed by atoms with Gasteiger partial charge in [-0.25, -0.2) is 13.2 Å². The molecule has 0 aromatic heterocycles. The van der Waals surface area contributed by atoms with Crippen molar-refractivity contribution in [2.24, 2.45) is 0 Å².